The first kappa shape index (κ1) is 20.2. The van der Waals surface area contributed by atoms with Crippen LogP contribution in [0.4, 0.5) is 0 Å². The molecule has 0 aromatic carbocycles. The molecule has 0 fully saturated rings. The molecule has 0 bridgehead atoms. The number of carboxylic acid groups (broad SMARTS) is 1. The summed E-state index contributed by atoms with van der Waals surface area (Å²) in [5.41, 5.74) is 0. The zero-order chi connectivity index (χ0) is 15.6. The number of hydrogen-bond donors (Lipinski definition) is 1. The molecule has 1 N–H and O–H groups in total. The molecule has 0 aromatic heterocycles. The number of aliphatic carboxylic acids is 1. The number of unbranched alkanes of at least 4 members (excludes halogenated alkanes) is 12. The zero-order valence-corrected chi connectivity index (χ0v) is 14.1. The van der Waals surface area contributed by atoms with Gasteiger partial charge in [-0.25, -0.2) is 0 Å². The summed E-state index contributed by atoms with van der Waals surface area (Å²) < 4.78 is 0. The molecule has 0 amide bonds. The summed E-state index contributed by atoms with van der Waals surface area (Å²) in [6, 6.07) is 0. The smallest absolute Gasteiger partial charge is 0.303 e. The Morgan fingerprint density at radius 2 is 1.14 bits per heavy atom. The first-order chi connectivity index (χ1) is 10.3. The molecule has 0 saturated heterocycles. The van der Waals surface area contributed by atoms with Gasteiger partial charge in [0.2, 0.25) is 0 Å². The van der Waals surface area contributed by atoms with Gasteiger partial charge in [0.1, 0.15) is 0 Å². The predicted molar refractivity (Wildman–Crippen MR) is 91.7 cm³/mol. The van der Waals surface area contributed by atoms with Gasteiger partial charge in [0.25, 0.3) is 0 Å². The van der Waals surface area contributed by atoms with Crippen LogP contribution in [0.1, 0.15) is 103 Å². The number of allylic oxidation sites excluding steroid dienone is 2. The van der Waals surface area contributed by atoms with E-state index in [9.17, 15) is 4.79 Å². The van der Waals surface area contributed by atoms with Crippen LogP contribution in [-0.2, 0) is 4.79 Å². The third-order valence-corrected chi connectivity index (χ3v) is 3.90. The van der Waals surface area contributed by atoms with Crippen molar-refractivity contribution in [3.63, 3.8) is 0 Å². The van der Waals surface area contributed by atoms with Crippen molar-refractivity contribution in [2.45, 2.75) is 103 Å². The summed E-state index contributed by atoms with van der Waals surface area (Å²) in [6.45, 7) is 2.25. The zero-order valence-electron chi connectivity index (χ0n) is 14.1. The number of carboxylic acids is 1. The van der Waals surface area contributed by atoms with E-state index in [1.807, 2.05) is 0 Å². The lowest BCUT2D eigenvalue weighted by Crippen LogP contribution is -1.93. The van der Waals surface area contributed by atoms with Crippen molar-refractivity contribution in [2.75, 3.05) is 0 Å². The minimum absolute atomic E-state index is 0.339. The Bertz CT molecular complexity index is 246. The standard InChI is InChI=1S/C19H36O2/c1-2-3-4-5-6-7-8-9-10-11-12-13-14-15-16-17-18-19(20)21/h6-7H,2-5,8-18H2,1H3,(H,20,21). The molecule has 0 radical (unpaired) electrons. The molecular weight excluding hydrogens is 260 g/mol. The van der Waals surface area contributed by atoms with Crippen LogP contribution in [0.5, 0.6) is 0 Å². The number of carbonyl (C=O) groups is 1. The topological polar surface area (TPSA) is 37.3 Å². The molecule has 2 heteroatoms. The minimum atomic E-state index is -0.658. The lowest BCUT2D eigenvalue weighted by molar-refractivity contribution is -0.137. The van der Waals surface area contributed by atoms with Crippen molar-refractivity contribution in [2.24, 2.45) is 0 Å². The van der Waals surface area contributed by atoms with Crippen molar-refractivity contribution in [3.05, 3.63) is 12.2 Å². The summed E-state index contributed by atoms with van der Waals surface area (Å²) in [4.78, 5) is 10.3. The quantitative estimate of drug-likeness (QED) is 0.261. The maximum Gasteiger partial charge on any atom is 0.303 e. The van der Waals surface area contributed by atoms with Crippen LogP contribution < -0.4 is 0 Å². The van der Waals surface area contributed by atoms with Crippen molar-refractivity contribution in [1.82, 2.24) is 0 Å². The van der Waals surface area contributed by atoms with Gasteiger partial charge >= 0.3 is 5.97 Å². The fourth-order valence-corrected chi connectivity index (χ4v) is 2.52. The van der Waals surface area contributed by atoms with Crippen molar-refractivity contribution in [3.8, 4) is 0 Å². The van der Waals surface area contributed by atoms with Crippen LogP contribution >= 0.6 is 0 Å². The van der Waals surface area contributed by atoms with E-state index in [2.05, 4.69) is 19.1 Å². The van der Waals surface area contributed by atoms with Gasteiger partial charge in [-0.1, -0.05) is 76.9 Å². The molecule has 0 saturated carbocycles. The lowest BCUT2D eigenvalue weighted by atomic mass is 10.1. The first-order valence-corrected chi connectivity index (χ1v) is 9.14. The average molecular weight is 296 g/mol. The van der Waals surface area contributed by atoms with E-state index >= 15 is 0 Å². The fraction of sp³-hybridized carbons (Fsp3) is 0.842. The molecular formula is C19H36O2. The largest absolute Gasteiger partial charge is 0.481 e. The average Bonchev–Trinajstić information content (AvgIpc) is 2.46. The van der Waals surface area contributed by atoms with Gasteiger partial charge in [0.15, 0.2) is 0 Å². The van der Waals surface area contributed by atoms with Crippen molar-refractivity contribution in [1.29, 1.82) is 0 Å². The first-order valence-electron chi connectivity index (χ1n) is 9.14. The highest BCUT2D eigenvalue weighted by atomic mass is 16.4. The van der Waals surface area contributed by atoms with E-state index in [-0.39, 0.29) is 0 Å². The van der Waals surface area contributed by atoms with Crippen LogP contribution in [0.25, 0.3) is 0 Å². The van der Waals surface area contributed by atoms with E-state index in [4.69, 9.17) is 5.11 Å². The molecule has 0 heterocycles. The highest BCUT2D eigenvalue weighted by Gasteiger charge is 1.96. The molecule has 2 nitrogen and oxygen atoms in total. The molecule has 0 spiro atoms. The Labute approximate surface area is 132 Å². The Balaban J connectivity index is 3.04. The van der Waals surface area contributed by atoms with Crippen LogP contribution in [0, 0.1) is 0 Å². The summed E-state index contributed by atoms with van der Waals surface area (Å²) in [5, 5.41) is 8.52. The summed E-state index contributed by atoms with van der Waals surface area (Å²) in [6.07, 6.45) is 22.7. The predicted octanol–water partition coefficient (Wildman–Crippen LogP) is 6.50. The lowest BCUT2D eigenvalue weighted by Gasteiger charge is -2.01. The van der Waals surface area contributed by atoms with Crippen LogP contribution in [0.3, 0.4) is 0 Å². The molecule has 0 atom stereocenters. The van der Waals surface area contributed by atoms with Gasteiger partial charge in [0.05, 0.1) is 0 Å². The summed E-state index contributed by atoms with van der Waals surface area (Å²) >= 11 is 0. The molecule has 0 aromatic rings. The monoisotopic (exact) mass is 296 g/mol. The molecule has 0 aliphatic rings. The number of rotatable bonds is 16. The second kappa shape index (κ2) is 17.3. The van der Waals surface area contributed by atoms with E-state index in [1.165, 1.54) is 77.0 Å². The SMILES string of the molecule is CCCCCC=CCCCCCCCCCCCC(=O)O. The van der Waals surface area contributed by atoms with Gasteiger partial charge in [-0.05, 0) is 32.1 Å². The Morgan fingerprint density at radius 3 is 1.62 bits per heavy atom. The van der Waals surface area contributed by atoms with Crippen molar-refractivity contribution < 1.29 is 9.90 Å². The van der Waals surface area contributed by atoms with Gasteiger partial charge in [-0.3, -0.25) is 4.79 Å². The number of hydrogen-bond acceptors (Lipinski definition) is 1. The van der Waals surface area contributed by atoms with Crippen LogP contribution in [0.15, 0.2) is 12.2 Å². The molecule has 124 valence electrons. The summed E-state index contributed by atoms with van der Waals surface area (Å²) in [7, 11) is 0. The van der Waals surface area contributed by atoms with E-state index in [0.717, 1.165) is 12.8 Å². The molecule has 21 heavy (non-hydrogen) atoms. The van der Waals surface area contributed by atoms with Gasteiger partial charge in [-0.2, -0.15) is 0 Å². The van der Waals surface area contributed by atoms with E-state index < -0.39 is 5.97 Å². The maximum atomic E-state index is 10.3. The van der Waals surface area contributed by atoms with Gasteiger partial charge in [0, 0.05) is 6.42 Å². The summed E-state index contributed by atoms with van der Waals surface area (Å²) in [5.74, 6) is -0.658. The van der Waals surface area contributed by atoms with Crippen LogP contribution in [-0.4, -0.2) is 11.1 Å². The second-order valence-corrected chi connectivity index (χ2v) is 6.08. The highest BCUT2D eigenvalue weighted by Crippen LogP contribution is 2.11. The Hall–Kier alpha value is -0.790. The Morgan fingerprint density at radius 1 is 0.714 bits per heavy atom. The maximum absolute atomic E-state index is 10.3. The third kappa shape index (κ3) is 19.2. The normalized spacial score (nSPS) is 11.3. The molecule has 0 unspecified atom stereocenters. The van der Waals surface area contributed by atoms with Crippen molar-refractivity contribution >= 4 is 5.97 Å². The van der Waals surface area contributed by atoms with Crippen LogP contribution in [0.2, 0.25) is 0 Å². The van der Waals surface area contributed by atoms with Gasteiger partial charge < -0.3 is 5.11 Å². The highest BCUT2D eigenvalue weighted by molar-refractivity contribution is 5.66. The molecule has 0 aliphatic heterocycles. The second-order valence-electron chi connectivity index (χ2n) is 6.08. The third-order valence-electron chi connectivity index (χ3n) is 3.90. The molecule has 0 aliphatic carbocycles. The van der Waals surface area contributed by atoms with Gasteiger partial charge in [-0.15, -0.1) is 0 Å². The molecule has 0 rings (SSSR count). The minimum Gasteiger partial charge on any atom is -0.481 e. The van der Waals surface area contributed by atoms with E-state index in [1.54, 1.807) is 0 Å². The Kier molecular flexibility index (Phi) is 16.6. The van der Waals surface area contributed by atoms with E-state index in [0.29, 0.717) is 6.42 Å². The fourth-order valence-electron chi connectivity index (χ4n) is 2.52.